The van der Waals surface area contributed by atoms with E-state index in [0.717, 1.165) is 30.9 Å². The summed E-state index contributed by atoms with van der Waals surface area (Å²) in [4.78, 5) is 28.8. The van der Waals surface area contributed by atoms with E-state index in [4.69, 9.17) is 4.74 Å². The van der Waals surface area contributed by atoms with Crippen LogP contribution in [-0.4, -0.2) is 54.3 Å². The van der Waals surface area contributed by atoms with Crippen molar-refractivity contribution < 1.29 is 18.7 Å². The molecule has 0 radical (unpaired) electrons. The molecular weight excluding hydrogens is 371 g/mol. The first-order valence-electron chi connectivity index (χ1n) is 10.1. The van der Waals surface area contributed by atoms with Gasteiger partial charge < -0.3 is 9.64 Å². The van der Waals surface area contributed by atoms with Crippen LogP contribution in [-0.2, 0) is 11.3 Å². The molecule has 1 heterocycles. The van der Waals surface area contributed by atoms with Gasteiger partial charge >= 0.3 is 0 Å². The lowest BCUT2D eigenvalue weighted by Crippen LogP contribution is -2.48. The van der Waals surface area contributed by atoms with Gasteiger partial charge in [0, 0.05) is 56.7 Å². The van der Waals surface area contributed by atoms with E-state index in [9.17, 15) is 14.0 Å². The van der Waals surface area contributed by atoms with Gasteiger partial charge in [-0.3, -0.25) is 14.5 Å². The maximum atomic E-state index is 13.0. The first kappa shape index (κ1) is 21.0. The summed E-state index contributed by atoms with van der Waals surface area (Å²) < 4.78 is 18.6. The van der Waals surface area contributed by atoms with E-state index in [0.29, 0.717) is 25.3 Å². The molecule has 0 atom stereocenters. The van der Waals surface area contributed by atoms with Gasteiger partial charge in [0.15, 0.2) is 5.78 Å². The van der Waals surface area contributed by atoms with Gasteiger partial charge in [-0.2, -0.15) is 0 Å². The molecule has 1 aliphatic rings. The Labute approximate surface area is 171 Å². The number of nitrogens with zero attached hydrogens (tertiary/aromatic N) is 2. The summed E-state index contributed by atoms with van der Waals surface area (Å²) in [7, 11) is 0. The first-order chi connectivity index (χ1) is 14.1. The zero-order chi connectivity index (χ0) is 20.6. The largest absolute Gasteiger partial charge is 0.494 e. The molecule has 1 fully saturated rings. The number of halogens is 1. The number of rotatable bonds is 8. The average molecular weight is 398 g/mol. The Morgan fingerprint density at radius 2 is 1.66 bits per heavy atom. The minimum absolute atomic E-state index is 0.00479. The van der Waals surface area contributed by atoms with Crippen molar-refractivity contribution in [1.29, 1.82) is 0 Å². The van der Waals surface area contributed by atoms with Crippen molar-refractivity contribution in [2.24, 2.45) is 0 Å². The minimum Gasteiger partial charge on any atom is -0.494 e. The number of piperazine rings is 1. The number of para-hydroxylation sites is 1. The lowest BCUT2D eigenvalue weighted by molar-refractivity contribution is -0.133. The van der Waals surface area contributed by atoms with E-state index in [1.807, 2.05) is 30.0 Å². The maximum absolute atomic E-state index is 13.0. The summed E-state index contributed by atoms with van der Waals surface area (Å²) in [5.41, 5.74) is 1.59. The fraction of sp³-hybridized carbons (Fsp3) is 0.391. The summed E-state index contributed by atoms with van der Waals surface area (Å²) in [6.07, 6.45) is 0.329. The highest BCUT2D eigenvalue weighted by Crippen LogP contribution is 2.20. The number of benzene rings is 2. The highest BCUT2D eigenvalue weighted by Gasteiger charge is 2.22. The first-order valence-corrected chi connectivity index (χ1v) is 10.1. The Morgan fingerprint density at radius 3 is 2.34 bits per heavy atom. The zero-order valence-corrected chi connectivity index (χ0v) is 16.8. The molecule has 2 aromatic carbocycles. The van der Waals surface area contributed by atoms with Crippen LogP contribution >= 0.6 is 0 Å². The lowest BCUT2D eigenvalue weighted by atomic mass is 10.1. The fourth-order valence-electron chi connectivity index (χ4n) is 3.49. The predicted octanol–water partition coefficient (Wildman–Crippen LogP) is 3.53. The molecule has 6 heteroatoms. The molecule has 0 unspecified atom stereocenters. The second-order valence-corrected chi connectivity index (χ2v) is 7.13. The molecule has 0 bridgehead atoms. The van der Waals surface area contributed by atoms with E-state index in [-0.39, 0.29) is 30.3 Å². The van der Waals surface area contributed by atoms with E-state index in [1.165, 1.54) is 24.3 Å². The molecule has 154 valence electrons. The van der Waals surface area contributed by atoms with E-state index in [2.05, 4.69) is 11.0 Å². The number of ether oxygens (including phenoxy) is 1. The van der Waals surface area contributed by atoms with Crippen LogP contribution in [0.4, 0.5) is 4.39 Å². The van der Waals surface area contributed by atoms with Crippen LogP contribution in [0.1, 0.15) is 35.7 Å². The molecule has 1 saturated heterocycles. The molecule has 5 nitrogen and oxygen atoms in total. The highest BCUT2D eigenvalue weighted by atomic mass is 19.1. The predicted molar refractivity (Wildman–Crippen MR) is 109 cm³/mol. The summed E-state index contributed by atoms with van der Waals surface area (Å²) in [6, 6.07) is 13.5. The Morgan fingerprint density at radius 1 is 0.966 bits per heavy atom. The van der Waals surface area contributed by atoms with Crippen LogP contribution in [0.2, 0.25) is 0 Å². The quantitative estimate of drug-likeness (QED) is 0.639. The molecule has 2 aromatic rings. The number of ketones is 1. The molecule has 29 heavy (non-hydrogen) atoms. The van der Waals surface area contributed by atoms with Crippen LogP contribution in [0.15, 0.2) is 48.5 Å². The lowest BCUT2D eigenvalue weighted by Gasteiger charge is -2.35. The van der Waals surface area contributed by atoms with Crippen molar-refractivity contribution in [3.63, 3.8) is 0 Å². The molecule has 0 saturated carbocycles. The number of carbonyl (C=O) groups is 2. The molecule has 0 N–H and O–H groups in total. The van der Waals surface area contributed by atoms with Crippen LogP contribution in [0.25, 0.3) is 0 Å². The van der Waals surface area contributed by atoms with Gasteiger partial charge in [0.25, 0.3) is 0 Å². The van der Waals surface area contributed by atoms with Gasteiger partial charge in [-0.05, 0) is 37.3 Å². The smallest absolute Gasteiger partial charge is 0.223 e. The summed E-state index contributed by atoms with van der Waals surface area (Å²) in [5.74, 6) is 0.395. The van der Waals surface area contributed by atoms with Gasteiger partial charge in [0.1, 0.15) is 11.6 Å². The monoisotopic (exact) mass is 398 g/mol. The normalized spacial score (nSPS) is 14.6. The second-order valence-electron chi connectivity index (χ2n) is 7.13. The van der Waals surface area contributed by atoms with Gasteiger partial charge in [-0.15, -0.1) is 0 Å². The van der Waals surface area contributed by atoms with Gasteiger partial charge in [0.2, 0.25) is 5.91 Å². The summed E-state index contributed by atoms with van der Waals surface area (Å²) in [6.45, 7) is 6.29. The highest BCUT2D eigenvalue weighted by molar-refractivity contribution is 5.97. The standard InChI is InChI=1S/C23H27FN2O3/c1-2-29-22-6-4-3-5-19(22)17-25-13-15-26(16-14-25)23(28)12-11-21(27)18-7-9-20(24)10-8-18/h3-10H,2,11-17H2,1H3. The summed E-state index contributed by atoms with van der Waals surface area (Å²) >= 11 is 0. The fourth-order valence-corrected chi connectivity index (χ4v) is 3.49. The van der Waals surface area contributed by atoms with Crippen LogP contribution in [0, 0.1) is 5.82 Å². The van der Waals surface area contributed by atoms with Gasteiger partial charge in [-0.25, -0.2) is 4.39 Å². The van der Waals surface area contributed by atoms with Crippen LogP contribution in [0.3, 0.4) is 0 Å². The van der Waals surface area contributed by atoms with Gasteiger partial charge in [-0.1, -0.05) is 18.2 Å². The SMILES string of the molecule is CCOc1ccccc1CN1CCN(C(=O)CCC(=O)c2ccc(F)cc2)CC1. The number of hydrogen-bond donors (Lipinski definition) is 0. The van der Waals surface area contributed by atoms with Crippen molar-refractivity contribution in [2.45, 2.75) is 26.3 Å². The Hall–Kier alpha value is -2.73. The average Bonchev–Trinajstić information content (AvgIpc) is 2.74. The number of carbonyl (C=O) groups excluding carboxylic acids is 2. The van der Waals surface area contributed by atoms with Crippen LogP contribution in [0.5, 0.6) is 5.75 Å². The third kappa shape index (κ3) is 5.87. The topological polar surface area (TPSA) is 49.9 Å². The molecule has 0 aromatic heterocycles. The Kier molecular flexibility index (Phi) is 7.36. The Bertz CT molecular complexity index is 830. The molecular formula is C23H27FN2O3. The van der Waals surface area contributed by atoms with Crippen molar-refractivity contribution >= 4 is 11.7 Å². The van der Waals surface area contributed by atoms with E-state index in [1.54, 1.807) is 0 Å². The van der Waals surface area contributed by atoms with E-state index >= 15 is 0 Å². The summed E-state index contributed by atoms with van der Waals surface area (Å²) in [5, 5.41) is 0. The molecule has 1 amide bonds. The van der Waals surface area contributed by atoms with Gasteiger partial charge in [0.05, 0.1) is 6.61 Å². The molecule has 0 spiro atoms. The van der Waals surface area contributed by atoms with Crippen molar-refractivity contribution in [3.05, 3.63) is 65.5 Å². The Balaban J connectivity index is 1.45. The van der Waals surface area contributed by atoms with E-state index < -0.39 is 0 Å². The second kappa shape index (κ2) is 10.2. The molecule has 3 rings (SSSR count). The zero-order valence-electron chi connectivity index (χ0n) is 16.8. The number of amides is 1. The molecule has 0 aliphatic carbocycles. The third-order valence-corrected chi connectivity index (χ3v) is 5.12. The van der Waals surface area contributed by atoms with Crippen molar-refractivity contribution in [3.8, 4) is 5.75 Å². The number of hydrogen-bond acceptors (Lipinski definition) is 4. The van der Waals surface area contributed by atoms with Crippen molar-refractivity contribution in [2.75, 3.05) is 32.8 Å². The maximum Gasteiger partial charge on any atom is 0.223 e. The molecule has 1 aliphatic heterocycles. The van der Waals surface area contributed by atoms with Crippen molar-refractivity contribution in [1.82, 2.24) is 9.80 Å². The third-order valence-electron chi connectivity index (χ3n) is 5.12. The van der Waals surface area contributed by atoms with Crippen LogP contribution < -0.4 is 4.74 Å². The minimum atomic E-state index is -0.376. The number of Topliss-reactive ketones (excluding diaryl/α,β-unsaturated/α-hetero) is 1.